The smallest absolute Gasteiger partial charge is 0.252 e. The zero-order chi connectivity index (χ0) is 21.8. The second kappa shape index (κ2) is 11.3. The number of nitrogens with two attached hydrogens (primary N) is 1. The Morgan fingerprint density at radius 3 is 2.48 bits per heavy atom. The van der Waals surface area contributed by atoms with Crippen LogP contribution in [0.5, 0.6) is 0 Å². The maximum atomic E-state index is 12.7. The fourth-order valence-electron chi connectivity index (χ4n) is 4.73. The summed E-state index contributed by atoms with van der Waals surface area (Å²) >= 11 is 6.56. The second-order valence-electron chi connectivity index (χ2n) is 8.32. The van der Waals surface area contributed by atoms with Crippen LogP contribution in [0.4, 0.5) is 0 Å². The number of amides is 1. The highest BCUT2D eigenvalue weighted by Gasteiger charge is 2.47. The van der Waals surface area contributed by atoms with Crippen molar-refractivity contribution in [1.82, 2.24) is 14.5 Å². The average Bonchev–Trinajstić information content (AvgIpc) is 2.74. The Morgan fingerprint density at radius 2 is 1.90 bits per heavy atom. The first-order chi connectivity index (χ1) is 14.3. The van der Waals surface area contributed by atoms with Crippen molar-refractivity contribution in [2.75, 3.05) is 31.9 Å². The molecule has 176 valence electrons. The van der Waals surface area contributed by atoms with E-state index >= 15 is 0 Å². The van der Waals surface area contributed by atoms with Crippen molar-refractivity contribution in [1.29, 1.82) is 0 Å². The van der Waals surface area contributed by atoms with E-state index in [2.05, 4.69) is 10.2 Å². The van der Waals surface area contributed by atoms with E-state index in [1.807, 2.05) is 25.1 Å². The number of nitrogens with one attached hydrogen (secondary N) is 1. The number of piperazine rings is 1. The summed E-state index contributed by atoms with van der Waals surface area (Å²) in [6.07, 6.45) is 3.37. The van der Waals surface area contributed by atoms with E-state index in [1.54, 1.807) is 16.4 Å². The molecule has 10 heteroatoms. The standard InChI is InChI=1S/C21H33ClN4O3S.ClH/c1-2-15-30(28,29)26-13-11-25(12-14-26)21(10-6-9-18(22)16-21)20(23)24-19(27)17-7-4-3-5-8-17;/h3-5,7-8,18,20H,2,6,9-16,23H2,1H3,(H,24,27);1H. The van der Waals surface area contributed by atoms with E-state index in [0.717, 1.165) is 19.3 Å². The fourth-order valence-corrected chi connectivity index (χ4v) is 6.65. The Kier molecular flexibility index (Phi) is 9.60. The van der Waals surface area contributed by atoms with Crippen molar-refractivity contribution < 1.29 is 13.2 Å². The minimum absolute atomic E-state index is 0. The molecule has 3 rings (SSSR count). The molecule has 3 atom stereocenters. The molecule has 7 nitrogen and oxygen atoms in total. The Bertz CT molecular complexity index is 819. The van der Waals surface area contributed by atoms with E-state index in [1.165, 1.54) is 0 Å². The number of sulfonamides is 1. The summed E-state index contributed by atoms with van der Waals surface area (Å²) in [4.78, 5) is 15.0. The van der Waals surface area contributed by atoms with E-state index in [-0.39, 0.29) is 29.4 Å². The summed E-state index contributed by atoms with van der Waals surface area (Å²) in [6.45, 7) is 3.93. The lowest BCUT2D eigenvalue weighted by Crippen LogP contribution is -2.70. The maximum Gasteiger partial charge on any atom is 0.252 e. The minimum atomic E-state index is -3.21. The molecule has 1 heterocycles. The molecule has 0 radical (unpaired) electrons. The number of halogens is 2. The van der Waals surface area contributed by atoms with Crippen molar-refractivity contribution in [2.45, 2.75) is 56.1 Å². The zero-order valence-corrected chi connectivity index (χ0v) is 20.4. The van der Waals surface area contributed by atoms with E-state index in [9.17, 15) is 13.2 Å². The summed E-state index contributed by atoms with van der Waals surface area (Å²) in [5, 5.41) is 2.98. The largest absolute Gasteiger partial charge is 0.335 e. The van der Waals surface area contributed by atoms with Crippen LogP contribution in [0.2, 0.25) is 0 Å². The Morgan fingerprint density at radius 1 is 1.26 bits per heavy atom. The fraction of sp³-hybridized carbons (Fsp3) is 0.667. The lowest BCUT2D eigenvalue weighted by molar-refractivity contribution is -0.00121. The predicted octanol–water partition coefficient (Wildman–Crippen LogP) is 2.40. The molecule has 2 fully saturated rings. The first-order valence-electron chi connectivity index (χ1n) is 10.8. The van der Waals surface area contributed by atoms with Crippen LogP contribution in [0.1, 0.15) is 49.4 Å². The predicted molar refractivity (Wildman–Crippen MR) is 127 cm³/mol. The molecule has 1 saturated carbocycles. The summed E-state index contributed by atoms with van der Waals surface area (Å²) in [7, 11) is -3.21. The zero-order valence-electron chi connectivity index (χ0n) is 18.0. The third-order valence-corrected chi connectivity index (χ3v) is 8.78. The first kappa shape index (κ1) is 26.4. The van der Waals surface area contributed by atoms with Gasteiger partial charge in [-0.1, -0.05) is 31.5 Å². The van der Waals surface area contributed by atoms with Crippen LogP contribution >= 0.6 is 24.0 Å². The maximum absolute atomic E-state index is 12.7. The van der Waals surface area contributed by atoms with Gasteiger partial charge in [0.1, 0.15) is 0 Å². The molecule has 0 spiro atoms. The highest BCUT2D eigenvalue weighted by atomic mass is 35.5. The van der Waals surface area contributed by atoms with Gasteiger partial charge in [-0.05, 0) is 37.8 Å². The number of carbonyl (C=O) groups excluding carboxylic acids is 1. The Hall–Kier alpha value is -0.900. The number of nitrogens with zero attached hydrogens (tertiary/aromatic N) is 2. The van der Waals surface area contributed by atoms with Crippen LogP contribution < -0.4 is 11.1 Å². The topological polar surface area (TPSA) is 95.7 Å². The van der Waals surface area contributed by atoms with Crippen molar-refractivity contribution in [3.8, 4) is 0 Å². The number of alkyl halides is 1. The van der Waals surface area contributed by atoms with Crippen LogP contribution in [-0.2, 0) is 10.0 Å². The summed E-state index contributed by atoms with van der Waals surface area (Å²) < 4.78 is 26.5. The van der Waals surface area contributed by atoms with Gasteiger partial charge in [0, 0.05) is 37.1 Å². The summed E-state index contributed by atoms with van der Waals surface area (Å²) in [5.74, 6) is -0.0301. The summed E-state index contributed by atoms with van der Waals surface area (Å²) in [6, 6.07) is 9.03. The molecule has 1 aromatic carbocycles. The first-order valence-corrected chi connectivity index (χ1v) is 12.8. The molecule has 3 unspecified atom stereocenters. The summed E-state index contributed by atoms with van der Waals surface area (Å²) in [5.41, 5.74) is 6.71. The van der Waals surface area contributed by atoms with Gasteiger partial charge in [0.05, 0.1) is 17.5 Å². The average molecular weight is 494 g/mol. The van der Waals surface area contributed by atoms with E-state index in [4.69, 9.17) is 17.3 Å². The molecule has 1 aliphatic carbocycles. The highest BCUT2D eigenvalue weighted by molar-refractivity contribution is 7.89. The van der Waals surface area contributed by atoms with Crippen LogP contribution in [0.15, 0.2) is 30.3 Å². The monoisotopic (exact) mass is 492 g/mol. The molecule has 0 bridgehead atoms. The quantitative estimate of drug-likeness (QED) is 0.449. The van der Waals surface area contributed by atoms with Gasteiger partial charge in [-0.3, -0.25) is 9.69 Å². The van der Waals surface area contributed by atoms with Gasteiger partial charge in [0.2, 0.25) is 10.0 Å². The molecular formula is C21H34Cl2N4O3S. The second-order valence-corrected chi connectivity index (χ2v) is 11.0. The van der Waals surface area contributed by atoms with Gasteiger partial charge in [-0.2, -0.15) is 4.31 Å². The lowest BCUT2D eigenvalue weighted by atomic mass is 9.77. The van der Waals surface area contributed by atoms with Gasteiger partial charge in [0.25, 0.3) is 5.91 Å². The van der Waals surface area contributed by atoms with Crippen LogP contribution in [0.25, 0.3) is 0 Å². The van der Waals surface area contributed by atoms with Gasteiger partial charge in [-0.15, -0.1) is 24.0 Å². The normalized spacial score (nSPS) is 26.6. The van der Waals surface area contributed by atoms with E-state index in [0.29, 0.717) is 44.6 Å². The molecule has 1 saturated heterocycles. The van der Waals surface area contributed by atoms with Gasteiger partial charge < -0.3 is 11.1 Å². The van der Waals surface area contributed by atoms with E-state index < -0.39 is 21.7 Å². The van der Waals surface area contributed by atoms with Gasteiger partial charge in [-0.25, -0.2) is 8.42 Å². The van der Waals surface area contributed by atoms with Crippen molar-refractivity contribution >= 4 is 39.9 Å². The molecular weight excluding hydrogens is 459 g/mol. The number of rotatable bonds is 7. The molecule has 2 aliphatic rings. The number of hydrogen-bond donors (Lipinski definition) is 2. The third-order valence-electron chi connectivity index (χ3n) is 6.33. The molecule has 3 N–H and O–H groups in total. The van der Waals surface area contributed by atoms with Gasteiger partial charge in [0.15, 0.2) is 0 Å². The number of hydrogen-bond acceptors (Lipinski definition) is 5. The number of benzene rings is 1. The SMILES string of the molecule is CCCS(=O)(=O)N1CCN(C2(C(N)NC(=O)c3ccccc3)CCCC(Cl)C2)CC1.Cl. The minimum Gasteiger partial charge on any atom is -0.335 e. The third kappa shape index (κ3) is 6.12. The van der Waals surface area contributed by atoms with Crippen LogP contribution in [0, 0.1) is 0 Å². The highest BCUT2D eigenvalue weighted by Crippen LogP contribution is 2.38. The lowest BCUT2D eigenvalue weighted by Gasteiger charge is -2.53. The molecule has 1 aromatic rings. The van der Waals surface area contributed by atoms with Crippen molar-refractivity contribution in [2.24, 2.45) is 5.73 Å². The Labute approximate surface area is 197 Å². The van der Waals surface area contributed by atoms with Crippen molar-refractivity contribution in [3.63, 3.8) is 0 Å². The molecule has 1 aliphatic heterocycles. The molecule has 1 amide bonds. The molecule has 0 aromatic heterocycles. The van der Waals surface area contributed by atoms with Crippen LogP contribution in [0.3, 0.4) is 0 Å². The molecule has 31 heavy (non-hydrogen) atoms. The van der Waals surface area contributed by atoms with Crippen molar-refractivity contribution in [3.05, 3.63) is 35.9 Å². The van der Waals surface area contributed by atoms with Crippen LogP contribution in [-0.4, -0.2) is 72.5 Å². The Balaban J connectivity index is 0.00000341. The number of carbonyl (C=O) groups is 1. The van der Waals surface area contributed by atoms with Gasteiger partial charge >= 0.3 is 0 Å².